The van der Waals surface area contributed by atoms with Crippen molar-refractivity contribution in [2.75, 3.05) is 0 Å². The Morgan fingerprint density at radius 3 is 0.857 bits per heavy atom. The summed E-state index contributed by atoms with van der Waals surface area (Å²) in [7, 11) is 0. The second-order valence-corrected chi connectivity index (χ2v) is 1.99. The maximum Gasteiger partial charge on any atom is -0.0467 e. The molecule has 0 N–H and O–H groups in total. The van der Waals surface area contributed by atoms with Gasteiger partial charge in [0.05, 0.1) is 0 Å². The molecule has 0 fully saturated rings. The van der Waals surface area contributed by atoms with E-state index in [2.05, 4.69) is 26.3 Å². The molecule has 0 bridgehead atoms. The molecule has 0 unspecified atom stereocenters. The van der Waals surface area contributed by atoms with Crippen LogP contribution in [0, 0.1) is 0 Å². The average molecular weight is 190 g/mol. The van der Waals surface area contributed by atoms with E-state index < -0.39 is 0 Å². The Hall–Kier alpha value is -1.56. The molecule has 0 saturated heterocycles. The van der Waals surface area contributed by atoms with Gasteiger partial charge in [-0.1, -0.05) is 74.9 Å². The number of hydrogen-bond donors (Lipinski definition) is 0. The molecule has 0 aromatic rings. The van der Waals surface area contributed by atoms with Crippen LogP contribution in [0.5, 0.6) is 0 Å². The first-order valence-electron chi connectivity index (χ1n) is 4.45. The molecule has 0 nitrogen and oxygen atoms in total. The van der Waals surface area contributed by atoms with E-state index in [0.717, 1.165) is 0 Å². The number of hydrogen-bond acceptors (Lipinski definition) is 0. The van der Waals surface area contributed by atoms with Crippen molar-refractivity contribution in [3.8, 4) is 0 Å². The molecule has 0 aliphatic carbocycles. The minimum absolute atomic E-state index is 1.64. The summed E-state index contributed by atoms with van der Waals surface area (Å²) in [5, 5.41) is 0. The van der Waals surface area contributed by atoms with Crippen LogP contribution in [0.3, 0.4) is 0 Å². The normalized spacial score (nSPS) is 7.86. The van der Waals surface area contributed by atoms with Crippen molar-refractivity contribution in [3.63, 3.8) is 0 Å². The summed E-state index contributed by atoms with van der Waals surface area (Å²) in [6.07, 6.45) is 14.4. The highest BCUT2D eigenvalue weighted by molar-refractivity contribution is 4.94. The van der Waals surface area contributed by atoms with Gasteiger partial charge in [0.25, 0.3) is 0 Å². The van der Waals surface area contributed by atoms with E-state index >= 15 is 0 Å². The number of allylic oxidation sites excluding steroid dienone is 8. The quantitative estimate of drug-likeness (QED) is 0.558. The van der Waals surface area contributed by atoms with Gasteiger partial charge < -0.3 is 0 Å². The number of rotatable bonds is 3. The molecule has 0 rings (SSSR count). The van der Waals surface area contributed by atoms with Crippen LogP contribution in [-0.4, -0.2) is 0 Å². The fourth-order valence-corrected chi connectivity index (χ4v) is 0.272. The zero-order chi connectivity index (χ0) is 11.7. The van der Waals surface area contributed by atoms with Crippen LogP contribution in [0.15, 0.2) is 74.9 Å². The molecule has 78 valence electrons. The molecule has 0 radical (unpaired) electrons. The monoisotopic (exact) mass is 190 g/mol. The Morgan fingerprint density at radius 1 is 0.571 bits per heavy atom. The molecule has 0 aromatic heterocycles. The zero-order valence-electron chi connectivity index (χ0n) is 9.45. The molecule has 0 heteroatoms. The van der Waals surface area contributed by atoms with Gasteiger partial charge in [-0.3, -0.25) is 0 Å². The first-order valence-corrected chi connectivity index (χ1v) is 4.45. The lowest BCUT2D eigenvalue weighted by Crippen LogP contribution is -1.33. The average Bonchev–Trinajstić information content (AvgIpc) is 2.22. The Morgan fingerprint density at radius 2 is 0.857 bits per heavy atom. The first-order chi connectivity index (χ1) is 6.74. The third-order valence-electron chi connectivity index (χ3n) is 0.824. The van der Waals surface area contributed by atoms with Gasteiger partial charge in [0, 0.05) is 0 Å². The van der Waals surface area contributed by atoms with E-state index in [1.165, 1.54) is 0 Å². The summed E-state index contributed by atoms with van der Waals surface area (Å²) in [6, 6.07) is 0. The molecule has 0 amide bonds. The summed E-state index contributed by atoms with van der Waals surface area (Å²) in [5.41, 5.74) is 0. The SMILES string of the molecule is C=CC=C.C=CC=CC.C=CC=CC. The Labute approximate surface area is 89.4 Å². The molecular formula is C14H22. The molecule has 0 heterocycles. The van der Waals surface area contributed by atoms with Crippen LogP contribution in [-0.2, 0) is 0 Å². The maximum absolute atomic E-state index is 3.46. The second-order valence-electron chi connectivity index (χ2n) is 1.99. The summed E-state index contributed by atoms with van der Waals surface area (Å²) in [5.74, 6) is 0. The van der Waals surface area contributed by atoms with Crippen molar-refractivity contribution in [3.05, 3.63) is 74.9 Å². The van der Waals surface area contributed by atoms with Crippen molar-refractivity contribution >= 4 is 0 Å². The molecule has 0 aliphatic heterocycles. The fourth-order valence-electron chi connectivity index (χ4n) is 0.272. The lowest BCUT2D eigenvalue weighted by atomic mass is 10.5. The summed E-state index contributed by atoms with van der Waals surface area (Å²) < 4.78 is 0. The van der Waals surface area contributed by atoms with Gasteiger partial charge in [0.2, 0.25) is 0 Å². The molecule has 0 spiro atoms. The highest BCUT2D eigenvalue weighted by atomic mass is 13.5. The van der Waals surface area contributed by atoms with E-state index in [1.54, 1.807) is 24.3 Å². The lowest BCUT2D eigenvalue weighted by molar-refractivity contribution is 1.74. The van der Waals surface area contributed by atoms with Crippen molar-refractivity contribution in [2.24, 2.45) is 0 Å². The van der Waals surface area contributed by atoms with Gasteiger partial charge >= 0.3 is 0 Å². The lowest BCUT2D eigenvalue weighted by Gasteiger charge is -1.56. The zero-order valence-corrected chi connectivity index (χ0v) is 9.45. The van der Waals surface area contributed by atoms with E-state index in [1.807, 2.05) is 38.2 Å². The molecule has 14 heavy (non-hydrogen) atoms. The summed E-state index contributed by atoms with van der Waals surface area (Å²) >= 11 is 0. The van der Waals surface area contributed by atoms with Crippen LogP contribution in [0.4, 0.5) is 0 Å². The Bertz CT molecular complexity index is 158. The van der Waals surface area contributed by atoms with Crippen molar-refractivity contribution in [2.45, 2.75) is 13.8 Å². The maximum atomic E-state index is 3.46. The standard InChI is InChI=1S/2C5H8.C4H6/c2*1-3-5-4-2;1-3-4-2/h2*3-5H,1H2,2H3;3-4H,1-2H2. The molecule has 0 aliphatic rings. The van der Waals surface area contributed by atoms with Crippen LogP contribution in [0.2, 0.25) is 0 Å². The first kappa shape index (κ1) is 18.3. The van der Waals surface area contributed by atoms with E-state index in [0.29, 0.717) is 0 Å². The highest BCUT2D eigenvalue weighted by Crippen LogP contribution is 1.65. The second kappa shape index (κ2) is 30.1. The highest BCUT2D eigenvalue weighted by Gasteiger charge is 1.42. The van der Waals surface area contributed by atoms with Gasteiger partial charge in [0.15, 0.2) is 0 Å². The smallest absolute Gasteiger partial charge is 0.0467 e. The van der Waals surface area contributed by atoms with Gasteiger partial charge in [-0.25, -0.2) is 0 Å². The van der Waals surface area contributed by atoms with Gasteiger partial charge in [-0.05, 0) is 13.8 Å². The van der Waals surface area contributed by atoms with Crippen molar-refractivity contribution in [1.82, 2.24) is 0 Å². The van der Waals surface area contributed by atoms with Gasteiger partial charge in [-0.2, -0.15) is 0 Å². The fraction of sp³-hybridized carbons (Fsp3) is 0.143. The predicted octanol–water partition coefficient (Wildman–Crippen LogP) is 4.86. The third kappa shape index (κ3) is 78.6. The van der Waals surface area contributed by atoms with Gasteiger partial charge in [0.1, 0.15) is 0 Å². The minimum Gasteiger partial charge on any atom is -0.0991 e. The van der Waals surface area contributed by atoms with Crippen molar-refractivity contribution < 1.29 is 0 Å². The summed E-state index contributed by atoms with van der Waals surface area (Å²) in [4.78, 5) is 0. The Kier molecular flexibility index (Phi) is 39.2. The molecule has 0 saturated carbocycles. The molecular weight excluding hydrogens is 168 g/mol. The predicted molar refractivity (Wildman–Crippen MR) is 70.4 cm³/mol. The molecule has 0 aromatic carbocycles. The van der Waals surface area contributed by atoms with Crippen LogP contribution < -0.4 is 0 Å². The van der Waals surface area contributed by atoms with E-state index in [4.69, 9.17) is 0 Å². The largest absolute Gasteiger partial charge is 0.0991 e. The minimum atomic E-state index is 1.64. The topological polar surface area (TPSA) is 0 Å². The van der Waals surface area contributed by atoms with E-state index in [-0.39, 0.29) is 0 Å². The van der Waals surface area contributed by atoms with E-state index in [9.17, 15) is 0 Å². The molecule has 0 atom stereocenters. The van der Waals surface area contributed by atoms with Crippen LogP contribution >= 0.6 is 0 Å². The van der Waals surface area contributed by atoms with Crippen LogP contribution in [0.1, 0.15) is 13.8 Å². The van der Waals surface area contributed by atoms with Crippen molar-refractivity contribution in [1.29, 1.82) is 0 Å². The van der Waals surface area contributed by atoms with Gasteiger partial charge in [-0.15, -0.1) is 0 Å². The summed E-state index contributed by atoms with van der Waals surface area (Å²) in [6.45, 7) is 17.6. The van der Waals surface area contributed by atoms with Crippen LogP contribution in [0.25, 0.3) is 0 Å². The Balaban J connectivity index is -0.000000131. The third-order valence-corrected chi connectivity index (χ3v) is 0.824.